The van der Waals surface area contributed by atoms with Crippen molar-refractivity contribution in [1.29, 1.82) is 0 Å². The van der Waals surface area contributed by atoms with Gasteiger partial charge in [-0.25, -0.2) is 0 Å². The van der Waals surface area contributed by atoms with E-state index >= 15 is 0 Å². The zero-order valence-electron chi connectivity index (χ0n) is 15.7. The van der Waals surface area contributed by atoms with Gasteiger partial charge in [-0.1, -0.05) is 6.07 Å². The molecule has 0 aromatic heterocycles. The van der Waals surface area contributed by atoms with E-state index in [0.717, 1.165) is 55.5 Å². The Kier molecular flexibility index (Phi) is 5.48. The second kappa shape index (κ2) is 8.16. The molecule has 1 aromatic carbocycles. The predicted octanol–water partition coefficient (Wildman–Crippen LogP) is 2.00. The molecule has 0 spiro atoms. The molecule has 0 atom stereocenters. The Labute approximate surface area is 156 Å². The highest BCUT2D eigenvalue weighted by atomic mass is 16.7. The third-order valence-electron chi connectivity index (χ3n) is 5.31. The predicted molar refractivity (Wildman–Crippen MR) is 103 cm³/mol. The molecule has 2 fully saturated rings. The van der Waals surface area contributed by atoms with Crippen LogP contribution >= 0.6 is 0 Å². The van der Waals surface area contributed by atoms with E-state index in [1.54, 1.807) is 0 Å². The summed E-state index contributed by atoms with van der Waals surface area (Å²) in [5, 5.41) is 6.86. The van der Waals surface area contributed by atoms with Crippen molar-refractivity contribution in [1.82, 2.24) is 15.5 Å². The molecule has 6 nitrogen and oxygen atoms in total. The topological polar surface area (TPSA) is 58.1 Å². The lowest BCUT2D eigenvalue weighted by molar-refractivity contribution is 0.174. The molecule has 1 heterocycles. The van der Waals surface area contributed by atoms with Crippen LogP contribution in [0.3, 0.4) is 0 Å². The van der Waals surface area contributed by atoms with Gasteiger partial charge in [0, 0.05) is 39.3 Å². The molecule has 1 aromatic rings. The van der Waals surface area contributed by atoms with Gasteiger partial charge in [0.25, 0.3) is 0 Å². The number of hydrogen-bond acceptors (Lipinski definition) is 4. The van der Waals surface area contributed by atoms with Gasteiger partial charge in [0.2, 0.25) is 6.79 Å². The number of fused-ring (bicyclic) bond motifs is 1. The second-order valence-electron chi connectivity index (χ2n) is 7.53. The molecule has 142 valence electrons. The highest BCUT2D eigenvalue weighted by molar-refractivity contribution is 5.79. The third kappa shape index (κ3) is 4.81. The molecule has 0 saturated heterocycles. The number of benzene rings is 1. The van der Waals surface area contributed by atoms with Crippen LogP contribution in [0.25, 0.3) is 0 Å². The summed E-state index contributed by atoms with van der Waals surface area (Å²) in [6.07, 6.45) is 6.55. The maximum Gasteiger partial charge on any atom is 0.231 e. The molecule has 2 N–H and O–H groups in total. The Morgan fingerprint density at radius 2 is 1.92 bits per heavy atom. The largest absolute Gasteiger partial charge is 0.454 e. The van der Waals surface area contributed by atoms with Crippen molar-refractivity contribution in [2.24, 2.45) is 10.9 Å². The smallest absolute Gasteiger partial charge is 0.231 e. The first-order valence-corrected chi connectivity index (χ1v) is 9.89. The molecule has 0 amide bonds. The maximum atomic E-state index is 5.44. The van der Waals surface area contributed by atoms with Crippen molar-refractivity contribution in [2.75, 3.05) is 40.0 Å². The van der Waals surface area contributed by atoms with Gasteiger partial charge < -0.3 is 20.1 Å². The minimum Gasteiger partial charge on any atom is -0.454 e. The lowest BCUT2D eigenvalue weighted by atomic mass is 10.1. The Hall–Kier alpha value is -1.95. The molecule has 6 heteroatoms. The van der Waals surface area contributed by atoms with Crippen LogP contribution in [-0.4, -0.2) is 56.9 Å². The van der Waals surface area contributed by atoms with Crippen molar-refractivity contribution >= 4 is 5.96 Å². The van der Waals surface area contributed by atoms with Crippen molar-refractivity contribution < 1.29 is 9.47 Å². The lowest BCUT2D eigenvalue weighted by Gasteiger charge is -2.22. The van der Waals surface area contributed by atoms with Gasteiger partial charge in [0.05, 0.1) is 0 Å². The number of hydrogen-bond donors (Lipinski definition) is 2. The average Bonchev–Trinajstić information content (AvgIpc) is 3.58. The molecule has 0 radical (unpaired) electrons. The summed E-state index contributed by atoms with van der Waals surface area (Å²) in [6.45, 7) is 4.53. The van der Waals surface area contributed by atoms with Crippen LogP contribution in [-0.2, 0) is 6.42 Å². The number of rotatable bonds is 9. The highest BCUT2D eigenvalue weighted by Gasteiger charge is 2.33. The third-order valence-corrected chi connectivity index (χ3v) is 5.31. The van der Waals surface area contributed by atoms with Crippen LogP contribution in [0.5, 0.6) is 11.5 Å². The Balaban J connectivity index is 1.16. The van der Waals surface area contributed by atoms with Crippen molar-refractivity contribution in [3.8, 4) is 11.5 Å². The Morgan fingerprint density at radius 1 is 1.12 bits per heavy atom. The van der Waals surface area contributed by atoms with Crippen LogP contribution in [0.15, 0.2) is 23.2 Å². The number of guanidine groups is 1. The summed E-state index contributed by atoms with van der Waals surface area (Å²) in [5.41, 5.74) is 1.24. The fraction of sp³-hybridized carbons (Fsp3) is 0.650. The van der Waals surface area contributed by atoms with Gasteiger partial charge in [0.1, 0.15) is 0 Å². The Bertz CT molecular complexity index is 641. The molecule has 26 heavy (non-hydrogen) atoms. The Morgan fingerprint density at radius 3 is 2.69 bits per heavy atom. The monoisotopic (exact) mass is 358 g/mol. The van der Waals surface area contributed by atoms with E-state index in [-0.39, 0.29) is 0 Å². The van der Waals surface area contributed by atoms with E-state index < -0.39 is 0 Å². The second-order valence-corrected chi connectivity index (χ2v) is 7.53. The maximum absolute atomic E-state index is 5.44. The minimum absolute atomic E-state index is 0.326. The van der Waals surface area contributed by atoms with Gasteiger partial charge in [-0.2, -0.15) is 0 Å². The van der Waals surface area contributed by atoms with E-state index in [0.29, 0.717) is 6.79 Å². The van der Waals surface area contributed by atoms with E-state index in [4.69, 9.17) is 9.47 Å². The lowest BCUT2D eigenvalue weighted by Crippen LogP contribution is -2.43. The normalized spacial score (nSPS) is 19.1. The summed E-state index contributed by atoms with van der Waals surface area (Å²) >= 11 is 0. The first kappa shape index (κ1) is 17.5. The van der Waals surface area contributed by atoms with E-state index in [1.807, 2.05) is 13.1 Å². The van der Waals surface area contributed by atoms with Crippen molar-refractivity contribution in [2.45, 2.75) is 38.1 Å². The first-order chi connectivity index (χ1) is 12.8. The van der Waals surface area contributed by atoms with E-state index in [9.17, 15) is 0 Å². The van der Waals surface area contributed by atoms with E-state index in [1.165, 1.54) is 37.8 Å². The molecule has 1 aliphatic heterocycles. The number of nitrogens with one attached hydrogen (secondary N) is 2. The standard InChI is InChI=1S/C20H30N4O2/c1-21-20(23-10-11-24(17-5-6-17)13-16-2-3-16)22-9-8-15-4-7-18-19(12-15)26-14-25-18/h4,7,12,16-17H,2-3,5-6,8-11,13-14H2,1H3,(H2,21,22,23). The van der Waals surface area contributed by atoms with Gasteiger partial charge >= 0.3 is 0 Å². The van der Waals surface area contributed by atoms with Gasteiger partial charge in [-0.3, -0.25) is 9.89 Å². The van der Waals surface area contributed by atoms with Crippen molar-refractivity contribution in [3.63, 3.8) is 0 Å². The summed E-state index contributed by atoms with van der Waals surface area (Å²) < 4.78 is 10.8. The summed E-state index contributed by atoms with van der Waals surface area (Å²) in [7, 11) is 1.83. The van der Waals surface area contributed by atoms with Crippen LogP contribution in [0.2, 0.25) is 0 Å². The number of aliphatic imine (C=N–C) groups is 1. The minimum atomic E-state index is 0.326. The number of nitrogens with zero attached hydrogens (tertiary/aromatic N) is 2. The molecular formula is C20H30N4O2. The molecule has 4 rings (SSSR count). The molecule has 0 bridgehead atoms. The molecule has 3 aliphatic rings. The van der Waals surface area contributed by atoms with Gasteiger partial charge in [0.15, 0.2) is 17.5 Å². The number of ether oxygens (including phenoxy) is 2. The summed E-state index contributed by atoms with van der Waals surface area (Å²) in [4.78, 5) is 7.01. The van der Waals surface area contributed by atoms with Crippen LogP contribution < -0.4 is 20.1 Å². The molecular weight excluding hydrogens is 328 g/mol. The van der Waals surface area contributed by atoms with Gasteiger partial charge in [-0.05, 0) is 55.7 Å². The van der Waals surface area contributed by atoms with Crippen LogP contribution in [0.4, 0.5) is 0 Å². The van der Waals surface area contributed by atoms with Crippen molar-refractivity contribution in [3.05, 3.63) is 23.8 Å². The van der Waals surface area contributed by atoms with Gasteiger partial charge in [-0.15, -0.1) is 0 Å². The summed E-state index contributed by atoms with van der Waals surface area (Å²) in [5.74, 6) is 3.54. The zero-order chi connectivity index (χ0) is 17.8. The quantitative estimate of drug-likeness (QED) is 0.522. The summed E-state index contributed by atoms with van der Waals surface area (Å²) in [6, 6.07) is 6.98. The SMILES string of the molecule is CN=C(NCCc1ccc2c(c1)OCO2)NCCN(CC1CC1)C1CC1. The molecule has 0 unspecified atom stereocenters. The fourth-order valence-electron chi connectivity index (χ4n) is 3.45. The highest BCUT2D eigenvalue weighted by Crippen LogP contribution is 2.34. The molecule has 2 aliphatic carbocycles. The average molecular weight is 358 g/mol. The first-order valence-electron chi connectivity index (χ1n) is 9.89. The fourth-order valence-corrected chi connectivity index (χ4v) is 3.45. The zero-order valence-corrected chi connectivity index (χ0v) is 15.7. The van der Waals surface area contributed by atoms with Crippen LogP contribution in [0, 0.1) is 5.92 Å². The molecule has 2 saturated carbocycles. The van der Waals surface area contributed by atoms with E-state index in [2.05, 4.69) is 32.7 Å². The van der Waals surface area contributed by atoms with Crippen LogP contribution in [0.1, 0.15) is 31.2 Å².